The second kappa shape index (κ2) is 8.84. The summed E-state index contributed by atoms with van der Waals surface area (Å²) in [6.07, 6.45) is 2.98. The lowest BCUT2D eigenvalue weighted by Gasteiger charge is -2.31. The Morgan fingerprint density at radius 3 is 2.26 bits per heavy atom. The van der Waals surface area contributed by atoms with Crippen LogP contribution in [0.25, 0.3) is 0 Å². The monoisotopic (exact) mass is 371 g/mol. The van der Waals surface area contributed by atoms with Gasteiger partial charge in [-0.1, -0.05) is 26.8 Å². The van der Waals surface area contributed by atoms with Gasteiger partial charge in [-0.3, -0.25) is 14.4 Å². The van der Waals surface area contributed by atoms with E-state index in [1.807, 2.05) is 20.8 Å². The van der Waals surface area contributed by atoms with E-state index in [9.17, 15) is 14.4 Å². The molecule has 0 spiro atoms. The summed E-state index contributed by atoms with van der Waals surface area (Å²) < 4.78 is 0. The summed E-state index contributed by atoms with van der Waals surface area (Å²) in [7, 11) is 0. The molecular formula is C21H29N3O3. The molecule has 0 unspecified atom stereocenters. The van der Waals surface area contributed by atoms with E-state index in [0.717, 1.165) is 0 Å². The molecule has 27 heavy (non-hydrogen) atoms. The maximum atomic E-state index is 12.7. The molecule has 146 valence electrons. The van der Waals surface area contributed by atoms with Gasteiger partial charge in [-0.15, -0.1) is 6.58 Å². The molecular weight excluding hydrogens is 342 g/mol. The summed E-state index contributed by atoms with van der Waals surface area (Å²) in [6.45, 7) is 10.7. The van der Waals surface area contributed by atoms with Gasteiger partial charge >= 0.3 is 0 Å². The van der Waals surface area contributed by atoms with Crippen molar-refractivity contribution in [1.82, 2.24) is 10.2 Å². The number of hydrogen-bond donors (Lipinski definition) is 2. The third-order valence-corrected chi connectivity index (χ3v) is 4.64. The molecule has 0 radical (unpaired) electrons. The van der Waals surface area contributed by atoms with Crippen LogP contribution >= 0.6 is 0 Å². The van der Waals surface area contributed by atoms with Gasteiger partial charge in [0.25, 0.3) is 5.91 Å². The third kappa shape index (κ3) is 5.67. The lowest BCUT2D eigenvalue weighted by Crippen LogP contribution is -2.43. The Bertz CT molecular complexity index is 696. The molecule has 0 bridgehead atoms. The molecule has 3 amide bonds. The molecule has 1 saturated heterocycles. The topological polar surface area (TPSA) is 78.5 Å². The first kappa shape index (κ1) is 20.7. The number of nitrogens with one attached hydrogen (secondary N) is 2. The largest absolute Gasteiger partial charge is 0.352 e. The summed E-state index contributed by atoms with van der Waals surface area (Å²) in [5.41, 5.74) is 0.777. The van der Waals surface area contributed by atoms with Crippen LogP contribution < -0.4 is 10.6 Å². The summed E-state index contributed by atoms with van der Waals surface area (Å²) in [5, 5.41) is 5.66. The predicted molar refractivity (Wildman–Crippen MR) is 106 cm³/mol. The van der Waals surface area contributed by atoms with Crippen LogP contribution in [0.15, 0.2) is 36.9 Å². The quantitative estimate of drug-likeness (QED) is 0.781. The summed E-state index contributed by atoms with van der Waals surface area (Å²) in [5.74, 6) is -0.142. The Morgan fingerprint density at radius 2 is 1.74 bits per heavy atom. The molecule has 2 N–H and O–H groups in total. The Balaban J connectivity index is 1.90. The number of benzene rings is 1. The highest BCUT2D eigenvalue weighted by Gasteiger charge is 2.27. The SMILES string of the molecule is C=CCNC(=O)C1CCN(C(=O)c2ccc(NC(=O)C(C)(C)C)cc2)CC1. The van der Waals surface area contributed by atoms with E-state index in [1.165, 1.54) is 0 Å². The number of carbonyl (C=O) groups excluding carboxylic acids is 3. The number of likely N-dealkylation sites (tertiary alicyclic amines) is 1. The molecule has 1 heterocycles. The van der Waals surface area contributed by atoms with Gasteiger partial charge in [0.15, 0.2) is 0 Å². The summed E-state index contributed by atoms with van der Waals surface area (Å²) in [6, 6.07) is 6.94. The van der Waals surface area contributed by atoms with Crippen molar-refractivity contribution in [1.29, 1.82) is 0 Å². The van der Waals surface area contributed by atoms with Crippen molar-refractivity contribution in [2.75, 3.05) is 25.0 Å². The van der Waals surface area contributed by atoms with Crippen LogP contribution in [-0.2, 0) is 9.59 Å². The van der Waals surface area contributed by atoms with E-state index in [1.54, 1.807) is 35.2 Å². The highest BCUT2D eigenvalue weighted by Crippen LogP contribution is 2.21. The molecule has 0 aromatic heterocycles. The normalized spacial score (nSPS) is 15.1. The first-order valence-corrected chi connectivity index (χ1v) is 9.32. The third-order valence-electron chi connectivity index (χ3n) is 4.64. The molecule has 6 heteroatoms. The number of rotatable bonds is 5. The van der Waals surface area contributed by atoms with Crippen molar-refractivity contribution < 1.29 is 14.4 Å². The zero-order chi connectivity index (χ0) is 20.0. The second-order valence-electron chi connectivity index (χ2n) is 7.88. The predicted octanol–water partition coefficient (Wildman–Crippen LogP) is 2.83. The second-order valence-corrected chi connectivity index (χ2v) is 7.88. The zero-order valence-corrected chi connectivity index (χ0v) is 16.4. The smallest absolute Gasteiger partial charge is 0.253 e. The van der Waals surface area contributed by atoms with E-state index < -0.39 is 5.41 Å². The molecule has 1 aromatic carbocycles. The number of piperidine rings is 1. The zero-order valence-electron chi connectivity index (χ0n) is 16.4. The molecule has 1 fully saturated rings. The van der Waals surface area contributed by atoms with Crippen LogP contribution in [0.5, 0.6) is 0 Å². The minimum absolute atomic E-state index is 0.0286. The van der Waals surface area contributed by atoms with Crippen LogP contribution in [-0.4, -0.2) is 42.3 Å². The lowest BCUT2D eigenvalue weighted by molar-refractivity contribution is -0.126. The van der Waals surface area contributed by atoms with Crippen LogP contribution in [0.4, 0.5) is 5.69 Å². The van der Waals surface area contributed by atoms with Gasteiger partial charge < -0.3 is 15.5 Å². The maximum absolute atomic E-state index is 12.7. The molecule has 2 rings (SSSR count). The number of carbonyl (C=O) groups is 3. The van der Waals surface area contributed by atoms with E-state index in [0.29, 0.717) is 43.7 Å². The van der Waals surface area contributed by atoms with Crippen molar-refractivity contribution in [3.63, 3.8) is 0 Å². The van der Waals surface area contributed by atoms with E-state index in [-0.39, 0.29) is 23.6 Å². The maximum Gasteiger partial charge on any atom is 0.253 e. The highest BCUT2D eigenvalue weighted by atomic mass is 16.2. The fourth-order valence-electron chi connectivity index (χ4n) is 2.86. The first-order chi connectivity index (χ1) is 12.7. The van der Waals surface area contributed by atoms with Gasteiger partial charge in [0.05, 0.1) is 0 Å². The van der Waals surface area contributed by atoms with E-state index in [4.69, 9.17) is 0 Å². The molecule has 6 nitrogen and oxygen atoms in total. The van der Waals surface area contributed by atoms with Crippen LogP contribution in [0, 0.1) is 11.3 Å². The van der Waals surface area contributed by atoms with Crippen LogP contribution in [0.2, 0.25) is 0 Å². The number of nitrogens with zero attached hydrogens (tertiary/aromatic N) is 1. The fourth-order valence-corrected chi connectivity index (χ4v) is 2.86. The minimum atomic E-state index is -0.475. The van der Waals surface area contributed by atoms with Gasteiger partial charge in [-0.25, -0.2) is 0 Å². The number of anilines is 1. The van der Waals surface area contributed by atoms with E-state index in [2.05, 4.69) is 17.2 Å². The minimum Gasteiger partial charge on any atom is -0.352 e. The number of hydrogen-bond acceptors (Lipinski definition) is 3. The van der Waals surface area contributed by atoms with Gasteiger partial charge in [-0.05, 0) is 37.1 Å². The average Bonchev–Trinajstić information content (AvgIpc) is 2.65. The lowest BCUT2D eigenvalue weighted by atomic mass is 9.95. The van der Waals surface area contributed by atoms with Gasteiger partial charge in [0, 0.05) is 42.2 Å². The summed E-state index contributed by atoms with van der Waals surface area (Å²) >= 11 is 0. The molecule has 0 aliphatic carbocycles. The Hall–Kier alpha value is -2.63. The first-order valence-electron chi connectivity index (χ1n) is 9.32. The molecule has 1 aromatic rings. The standard InChI is InChI=1S/C21H29N3O3/c1-5-12-22-18(25)15-10-13-24(14-11-15)19(26)16-6-8-17(9-7-16)23-20(27)21(2,3)4/h5-9,15H,1,10-14H2,2-4H3,(H,22,25)(H,23,27). The Morgan fingerprint density at radius 1 is 1.15 bits per heavy atom. The van der Waals surface area contributed by atoms with Gasteiger partial charge in [0.1, 0.15) is 0 Å². The Kier molecular flexibility index (Phi) is 6.77. The van der Waals surface area contributed by atoms with Crippen LogP contribution in [0.3, 0.4) is 0 Å². The molecule has 0 atom stereocenters. The van der Waals surface area contributed by atoms with E-state index >= 15 is 0 Å². The van der Waals surface area contributed by atoms with Crippen molar-refractivity contribution in [3.05, 3.63) is 42.5 Å². The van der Waals surface area contributed by atoms with Crippen molar-refractivity contribution >= 4 is 23.4 Å². The van der Waals surface area contributed by atoms with Crippen molar-refractivity contribution in [2.24, 2.45) is 11.3 Å². The van der Waals surface area contributed by atoms with Crippen LogP contribution in [0.1, 0.15) is 44.0 Å². The average molecular weight is 371 g/mol. The Labute approximate surface area is 161 Å². The fraction of sp³-hybridized carbons (Fsp3) is 0.476. The van der Waals surface area contributed by atoms with Crippen molar-refractivity contribution in [2.45, 2.75) is 33.6 Å². The van der Waals surface area contributed by atoms with Gasteiger partial charge in [0.2, 0.25) is 11.8 Å². The summed E-state index contributed by atoms with van der Waals surface area (Å²) in [4.78, 5) is 38.5. The molecule has 0 saturated carbocycles. The van der Waals surface area contributed by atoms with Gasteiger partial charge in [-0.2, -0.15) is 0 Å². The van der Waals surface area contributed by atoms with Crippen molar-refractivity contribution in [3.8, 4) is 0 Å². The molecule has 1 aliphatic rings. The molecule has 1 aliphatic heterocycles. The number of amides is 3. The highest BCUT2D eigenvalue weighted by molar-refractivity contribution is 5.97.